The van der Waals surface area contributed by atoms with Crippen LogP contribution in [0, 0.1) is 0 Å². The normalized spacial score (nSPS) is 15.5. The number of fused-ring (bicyclic) bond motifs is 1. The lowest BCUT2D eigenvalue weighted by Crippen LogP contribution is -2.39. The summed E-state index contributed by atoms with van der Waals surface area (Å²) in [7, 11) is 1.79. The highest BCUT2D eigenvalue weighted by atomic mass is 127. The van der Waals surface area contributed by atoms with Crippen LogP contribution in [0.2, 0.25) is 0 Å². The van der Waals surface area contributed by atoms with Gasteiger partial charge in [-0.1, -0.05) is 49.1 Å². The molecule has 0 amide bonds. The maximum Gasteiger partial charge on any atom is 0.191 e. The fourth-order valence-electron chi connectivity index (χ4n) is 3.19. The third-order valence-corrected chi connectivity index (χ3v) is 4.60. The van der Waals surface area contributed by atoms with Gasteiger partial charge in [0.25, 0.3) is 0 Å². The Labute approximate surface area is 184 Å². The fourth-order valence-corrected chi connectivity index (χ4v) is 3.19. The molecule has 6 heteroatoms. The average Bonchev–Trinajstić information content (AvgIpc) is 2.73. The van der Waals surface area contributed by atoms with Crippen molar-refractivity contribution in [3.8, 4) is 11.5 Å². The predicted octanol–water partition coefficient (Wildman–Crippen LogP) is 4.10. The Morgan fingerprint density at radius 1 is 1.21 bits per heavy atom. The molecule has 0 saturated heterocycles. The minimum atomic E-state index is 0. The van der Waals surface area contributed by atoms with Crippen LogP contribution in [-0.2, 0) is 6.54 Å². The standard InChI is InChI=1S/C22H27N3O2.HI/c1-3-13-26-20-10-6-4-8-18(20)16-25-22(23-2)24-15-17-12-14-27-21-11-7-5-9-19(17)21;/h3-11,17H,1,12-16H2,2H3,(H2,23,24,25);1H. The van der Waals surface area contributed by atoms with E-state index in [9.17, 15) is 0 Å². The molecule has 3 rings (SSSR count). The zero-order valence-electron chi connectivity index (χ0n) is 16.2. The van der Waals surface area contributed by atoms with Gasteiger partial charge in [-0.15, -0.1) is 24.0 Å². The summed E-state index contributed by atoms with van der Waals surface area (Å²) >= 11 is 0. The number of halogens is 1. The fraction of sp³-hybridized carbons (Fsp3) is 0.318. The summed E-state index contributed by atoms with van der Waals surface area (Å²) in [6.45, 7) is 6.40. The average molecular weight is 493 g/mol. The first-order chi connectivity index (χ1) is 13.3. The Bertz CT molecular complexity index is 795. The molecule has 2 N–H and O–H groups in total. The minimum absolute atomic E-state index is 0. The molecule has 2 aromatic carbocycles. The predicted molar refractivity (Wildman–Crippen MR) is 125 cm³/mol. The van der Waals surface area contributed by atoms with Crippen LogP contribution in [0.4, 0.5) is 0 Å². The summed E-state index contributed by atoms with van der Waals surface area (Å²) in [6.07, 6.45) is 2.75. The van der Waals surface area contributed by atoms with Crippen molar-refractivity contribution in [3.05, 3.63) is 72.3 Å². The Kier molecular flexibility index (Phi) is 9.13. The maximum absolute atomic E-state index is 5.74. The zero-order valence-corrected chi connectivity index (χ0v) is 18.5. The van der Waals surface area contributed by atoms with Crippen molar-refractivity contribution >= 4 is 29.9 Å². The van der Waals surface area contributed by atoms with E-state index >= 15 is 0 Å². The van der Waals surface area contributed by atoms with E-state index < -0.39 is 0 Å². The molecule has 0 aliphatic carbocycles. The van der Waals surface area contributed by atoms with Crippen molar-refractivity contribution in [3.63, 3.8) is 0 Å². The summed E-state index contributed by atoms with van der Waals surface area (Å²) in [6, 6.07) is 16.3. The lowest BCUT2D eigenvalue weighted by Gasteiger charge is -2.26. The highest BCUT2D eigenvalue weighted by molar-refractivity contribution is 14.0. The Morgan fingerprint density at radius 2 is 2.00 bits per heavy atom. The van der Waals surface area contributed by atoms with Gasteiger partial charge in [0, 0.05) is 31.6 Å². The lowest BCUT2D eigenvalue weighted by atomic mass is 9.93. The second-order valence-corrected chi connectivity index (χ2v) is 6.39. The Hall–Kier alpha value is -2.22. The smallest absolute Gasteiger partial charge is 0.191 e. The quantitative estimate of drug-likeness (QED) is 0.264. The van der Waals surface area contributed by atoms with E-state index in [-0.39, 0.29) is 24.0 Å². The van der Waals surface area contributed by atoms with Crippen molar-refractivity contribution < 1.29 is 9.47 Å². The third-order valence-electron chi connectivity index (χ3n) is 4.60. The molecule has 1 aliphatic heterocycles. The SMILES string of the molecule is C=CCOc1ccccc1CNC(=NC)NCC1CCOc2ccccc21.I. The molecule has 2 aromatic rings. The molecule has 0 bridgehead atoms. The van der Waals surface area contributed by atoms with Gasteiger partial charge in [0.05, 0.1) is 6.61 Å². The van der Waals surface area contributed by atoms with Crippen LogP contribution in [0.5, 0.6) is 11.5 Å². The monoisotopic (exact) mass is 493 g/mol. The van der Waals surface area contributed by atoms with Gasteiger partial charge in [-0.25, -0.2) is 0 Å². The van der Waals surface area contributed by atoms with Crippen LogP contribution in [-0.4, -0.2) is 32.8 Å². The van der Waals surface area contributed by atoms with Gasteiger partial charge in [-0.2, -0.15) is 0 Å². The molecule has 1 aliphatic rings. The van der Waals surface area contributed by atoms with Crippen molar-refractivity contribution in [2.24, 2.45) is 4.99 Å². The number of benzene rings is 2. The van der Waals surface area contributed by atoms with E-state index in [1.807, 2.05) is 36.4 Å². The molecule has 0 aromatic heterocycles. The van der Waals surface area contributed by atoms with Crippen LogP contribution in [0.15, 0.2) is 66.2 Å². The number of ether oxygens (including phenoxy) is 2. The summed E-state index contributed by atoms with van der Waals surface area (Å²) in [5.74, 6) is 3.04. The molecule has 1 heterocycles. The Balaban J connectivity index is 0.00000280. The molecule has 150 valence electrons. The number of nitrogens with zero attached hydrogens (tertiary/aromatic N) is 1. The van der Waals surface area contributed by atoms with Crippen molar-refractivity contribution in [2.75, 3.05) is 26.8 Å². The van der Waals surface area contributed by atoms with Gasteiger partial charge >= 0.3 is 0 Å². The maximum atomic E-state index is 5.74. The number of aliphatic imine (C=N–C) groups is 1. The molecule has 5 nitrogen and oxygen atoms in total. The molecule has 0 spiro atoms. The van der Waals surface area contributed by atoms with Gasteiger partial charge in [0.1, 0.15) is 18.1 Å². The van der Waals surface area contributed by atoms with E-state index in [0.717, 1.165) is 42.6 Å². The van der Waals surface area contributed by atoms with E-state index in [2.05, 4.69) is 34.3 Å². The van der Waals surface area contributed by atoms with Crippen LogP contribution in [0.1, 0.15) is 23.5 Å². The molecule has 1 atom stereocenters. The Morgan fingerprint density at radius 3 is 2.82 bits per heavy atom. The first-order valence-electron chi connectivity index (χ1n) is 9.29. The van der Waals surface area contributed by atoms with E-state index in [1.165, 1.54) is 5.56 Å². The highest BCUT2D eigenvalue weighted by Gasteiger charge is 2.21. The minimum Gasteiger partial charge on any atom is -0.493 e. The van der Waals surface area contributed by atoms with Crippen molar-refractivity contribution in [1.29, 1.82) is 0 Å². The third kappa shape index (κ3) is 5.89. The molecular weight excluding hydrogens is 465 g/mol. The highest BCUT2D eigenvalue weighted by Crippen LogP contribution is 2.32. The number of guanidine groups is 1. The van der Waals surface area contributed by atoms with Crippen LogP contribution >= 0.6 is 24.0 Å². The molecule has 0 saturated carbocycles. The number of hydrogen-bond acceptors (Lipinski definition) is 3. The molecular formula is C22H28IN3O2. The van der Waals surface area contributed by atoms with Gasteiger partial charge in [0.2, 0.25) is 0 Å². The van der Waals surface area contributed by atoms with E-state index in [0.29, 0.717) is 19.1 Å². The second-order valence-electron chi connectivity index (χ2n) is 6.39. The zero-order chi connectivity index (χ0) is 18.9. The summed E-state index contributed by atoms with van der Waals surface area (Å²) in [4.78, 5) is 4.34. The van der Waals surface area contributed by atoms with Crippen LogP contribution < -0.4 is 20.1 Å². The summed E-state index contributed by atoms with van der Waals surface area (Å²) in [5, 5.41) is 6.81. The molecule has 0 radical (unpaired) electrons. The van der Waals surface area contributed by atoms with E-state index in [4.69, 9.17) is 9.47 Å². The number of hydrogen-bond donors (Lipinski definition) is 2. The van der Waals surface area contributed by atoms with Gasteiger partial charge in [-0.05, 0) is 24.1 Å². The molecule has 28 heavy (non-hydrogen) atoms. The van der Waals surface area contributed by atoms with Gasteiger partial charge < -0.3 is 20.1 Å². The van der Waals surface area contributed by atoms with Crippen molar-refractivity contribution in [1.82, 2.24) is 10.6 Å². The summed E-state index contributed by atoms with van der Waals surface area (Å²) < 4.78 is 11.5. The number of nitrogens with one attached hydrogen (secondary N) is 2. The van der Waals surface area contributed by atoms with Gasteiger partial charge in [0.15, 0.2) is 5.96 Å². The topological polar surface area (TPSA) is 54.9 Å². The first kappa shape index (κ1) is 22.1. The number of rotatable bonds is 7. The van der Waals surface area contributed by atoms with Crippen LogP contribution in [0.25, 0.3) is 0 Å². The van der Waals surface area contributed by atoms with Crippen molar-refractivity contribution in [2.45, 2.75) is 18.9 Å². The second kappa shape index (κ2) is 11.6. The molecule has 0 fully saturated rings. The molecule has 1 unspecified atom stereocenters. The first-order valence-corrected chi connectivity index (χ1v) is 9.29. The lowest BCUT2D eigenvalue weighted by molar-refractivity contribution is 0.267. The number of para-hydroxylation sites is 2. The van der Waals surface area contributed by atoms with E-state index in [1.54, 1.807) is 13.1 Å². The van der Waals surface area contributed by atoms with Gasteiger partial charge in [-0.3, -0.25) is 4.99 Å². The van der Waals surface area contributed by atoms with Crippen LogP contribution in [0.3, 0.4) is 0 Å². The largest absolute Gasteiger partial charge is 0.493 e. The summed E-state index contributed by atoms with van der Waals surface area (Å²) in [5.41, 5.74) is 2.34.